The van der Waals surface area contributed by atoms with Crippen molar-refractivity contribution < 1.29 is 14.3 Å². The summed E-state index contributed by atoms with van der Waals surface area (Å²) in [4.78, 5) is 27.4. The van der Waals surface area contributed by atoms with E-state index in [9.17, 15) is 9.59 Å². The number of nitrogens with zero attached hydrogens (tertiary/aromatic N) is 1. The molecule has 5 heteroatoms. The number of ketones is 1. The van der Waals surface area contributed by atoms with Gasteiger partial charge in [-0.1, -0.05) is 38.8 Å². The molecule has 1 aromatic rings. The van der Waals surface area contributed by atoms with E-state index in [1.807, 2.05) is 12.1 Å². The van der Waals surface area contributed by atoms with Crippen molar-refractivity contribution in [1.29, 1.82) is 0 Å². The first-order valence-corrected chi connectivity index (χ1v) is 11.4. The van der Waals surface area contributed by atoms with Gasteiger partial charge in [0.15, 0.2) is 5.78 Å². The predicted octanol–water partition coefficient (Wildman–Crippen LogP) is 3.39. The minimum absolute atomic E-state index is 0.0243. The van der Waals surface area contributed by atoms with Gasteiger partial charge in [-0.15, -0.1) is 0 Å². The standard InChI is InChI=1S/C24H36N2O3/c1-3-18(4-2)22(26-12-14-29-15-13-26)17-25-24(28)11-10-23(27)21-9-8-19-6-5-7-20(19)16-21/h8-9,16,18,22H,3-7,10-15,17H2,1-2H3,(H,25,28). The largest absolute Gasteiger partial charge is 0.379 e. The van der Waals surface area contributed by atoms with E-state index >= 15 is 0 Å². The van der Waals surface area contributed by atoms with Crippen LogP contribution >= 0.6 is 0 Å². The highest BCUT2D eigenvalue weighted by molar-refractivity contribution is 5.98. The minimum atomic E-state index is -0.0243. The van der Waals surface area contributed by atoms with Crippen molar-refractivity contribution >= 4 is 11.7 Å². The number of benzene rings is 1. The molecule has 1 atom stereocenters. The van der Waals surface area contributed by atoms with Gasteiger partial charge in [-0.25, -0.2) is 0 Å². The number of fused-ring (bicyclic) bond motifs is 1. The van der Waals surface area contributed by atoms with Crippen molar-refractivity contribution in [2.24, 2.45) is 5.92 Å². The lowest BCUT2D eigenvalue weighted by molar-refractivity contribution is -0.121. The minimum Gasteiger partial charge on any atom is -0.379 e. The van der Waals surface area contributed by atoms with Gasteiger partial charge < -0.3 is 10.1 Å². The van der Waals surface area contributed by atoms with Crippen molar-refractivity contribution in [1.82, 2.24) is 10.2 Å². The van der Waals surface area contributed by atoms with Crippen LogP contribution in [-0.4, -0.2) is 55.5 Å². The molecule has 1 amide bonds. The third kappa shape index (κ3) is 5.89. The SMILES string of the molecule is CCC(CC)C(CNC(=O)CCC(=O)c1ccc2c(c1)CCC2)N1CCOCC1. The summed E-state index contributed by atoms with van der Waals surface area (Å²) < 4.78 is 5.49. The lowest BCUT2D eigenvalue weighted by Crippen LogP contribution is -2.52. The molecule has 2 aliphatic rings. The Morgan fingerprint density at radius 1 is 1.07 bits per heavy atom. The van der Waals surface area contributed by atoms with E-state index in [2.05, 4.69) is 30.1 Å². The second-order valence-corrected chi connectivity index (χ2v) is 8.36. The van der Waals surface area contributed by atoms with E-state index in [-0.39, 0.29) is 24.5 Å². The molecule has 1 saturated heterocycles. The quantitative estimate of drug-likeness (QED) is 0.612. The Hall–Kier alpha value is -1.72. The first-order valence-electron chi connectivity index (χ1n) is 11.4. The number of ether oxygens (including phenoxy) is 1. The highest BCUT2D eigenvalue weighted by atomic mass is 16.5. The fraction of sp³-hybridized carbons (Fsp3) is 0.667. The first kappa shape index (κ1) is 22.0. The molecular formula is C24H36N2O3. The fourth-order valence-electron chi connectivity index (χ4n) is 4.76. The summed E-state index contributed by atoms with van der Waals surface area (Å²) in [6.45, 7) is 8.47. The smallest absolute Gasteiger partial charge is 0.220 e. The summed E-state index contributed by atoms with van der Waals surface area (Å²) in [7, 11) is 0. The molecule has 3 rings (SSSR count). The maximum atomic E-state index is 12.5. The van der Waals surface area contributed by atoms with E-state index in [0.29, 0.717) is 18.5 Å². The highest BCUT2D eigenvalue weighted by Crippen LogP contribution is 2.23. The zero-order valence-corrected chi connectivity index (χ0v) is 18.0. The van der Waals surface area contributed by atoms with Gasteiger partial charge in [-0.05, 0) is 42.4 Å². The zero-order valence-electron chi connectivity index (χ0n) is 18.0. The van der Waals surface area contributed by atoms with Gasteiger partial charge in [0.1, 0.15) is 0 Å². The molecule has 160 valence electrons. The second-order valence-electron chi connectivity index (χ2n) is 8.36. The summed E-state index contributed by atoms with van der Waals surface area (Å²) >= 11 is 0. The molecular weight excluding hydrogens is 364 g/mol. The molecule has 1 heterocycles. The number of aryl methyl sites for hydroxylation is 2. The van der Waals surface area contributed by atoms with Crippen LogP contribution < -0.4 is 5.32 Å². The van der Waals surface area contributed by atoms with Gasteiger partial charge >= 0.3 is 0 Å². The molecule has 1 aliphatic carbocycles. The average molecular weight is 401 g/mol. The number of amides is 1. The fourth-order valence-corrected chi connectivity index (χ4v) is 4.76. The van der Waals surface area contributed by atoms with Crippen molar-refractivity contribution in [2.45, 2.75) is 64.8 Å². The van der Waals surface area contributed by atoms with Crippen LogP contribution in [0.4, 0.5) is 0 Å². The molecule has 1 aliphatic heterocycles. The number of morpholine rings is 1. The van der Waals surface area contributed by atoms with Crippen molar-refractivity contribution in [3.63, 3.8) is 0 Å². The molecule has 1 N–H and O–H groups in total. The highest BCUT2D eigenvalue weighted by Gasteiger charge is 2.27. The van der Waals surface area contributed by atoms with E-state index in [0.717, 1.165) is 57.6 Å². The van der Waals surface area contributed by atoms with Crippen molar-refractivity contribution in [3.8, 4) is 0 Å². The maximum absolute atomic E-state index is 12.5. The number of nitrogens with one attached hydrogen (secondary N) is 1. The molecule has 1 fully saturated rings. The zero-order chi connectivity index (χ0) is 20.6. The molecule has 29 heavy (non-hydrogen) atoms. The van der Waals surface area contributed by atoms with Gasteiger partial charge in [0.2, 0.25) is 5.91 Å². The number of hydrogen-bond acceptors (Lipinski definition) is 4. The van der Waals surface area contributed by atoms with Crippen LogP contribution in [0.25, 0.3) is 0 Å². The summed E-state index contributed by atoms with van der Waals surface area (Å²) in [6.07, 6.45) is 6.10. The monoisotopic (exact) mass is 400 g/mol. The summed E-state index contributed by atoms with van der Waals surface area (Å²) in [6, 6.07) is 6.37. The lowest BCUT2D eigenvalue weighted by Gasteiger charge is -2.38. The molecule has 0 bridgehead atoms. The second kappa shape index (κ2) is 10.9. The Morgan fingerprint density at radius 3 is 2.52 bits per heavy atom. The van der Waals surface area contributed by atoms with E-state index < -0.39 is 0 Å². The lowest BCUT2D eigenvalue weighted by atomic mass is 9.92. The number of carbonyl (C=O) groups is 2. The average Bonchev–Trinajstić information content (AvgIpc) is 3.23. The van der Waals surface area contributed by atoms with Crippen LogP contribution in [0.5, 0.6) is 0 Å². The number of carbonyl (C=O) groups excluding carboxylic acids is 2. The van der Waals surface area contributed by atoms with Gasteiger partial charge in [0.25, 0.3) is 0 Å². The normalized spacial score (nSPS) is 17.9. The number of Topliss-reactive ketones (excluding diaryl/α,β-unsaturated/α-hetero) is 1. The van der Waals surface area contributed by atoms with Crippen LogP contribution in [0.15, 0.2) is 18.2 Å². The van der Waals surface area contributed by atoms with Crippen molar-refractivity contribution in [2.75, 3.05) is 32.8 Å². The molecule has 5 nitrogen and oxygen atoms in total. The summed E-state index contributed by atoms with van der Waals surface area (Å²) in [5.74, 6) is 0.602. The van der Waals surface area contributed by atoms with Crippen LogP contribution in [0.3, 0.4) is 0 Å². The molecule has 0 saturated carbocycles. The number of rotatable bonds is 10. The van der Waals surface area contributed by atoms with Gasteiger partial charge in [-0.2, -0.15) is 0 Å². The van der Waals surface area contributed by atoms with Crippen LogP contribution in [-0.2, 0) is 22.4 Å². The third-order valence-electron chi connectivity index (χ3n) is 6.62. The van der Waals surface area contributed by atoms with Crippen LogP contribution in [0, 0.1) is 5.92 Å². The maximum Gasteiger partial charge on any atom is 0.220 e. The van der Waals surface area contributed by atoms with E-state index in [1.54, 1.807) is 0 Å². The Bertz CT molecular complexity index is 693. The first-order chi connectivity index (χ1) is 14.1. The molecule has 0 radical (unpaired) electrons. The summed E-state index contributed by atoms with van der Waals surface area (Å²) in [5.41, 5.74) is 3.43. The Kier molecular flexibility index (Phi) is 8.25. The summed E-state index contributed by atoms with van der Waals surface area (Å²) in [5, 5.41) is 3.10. The molecule has 0 spiro atoms. The van der Waals surface area contributed by atoms with Gasteiger partial charge in [0, 0.05) is 44.1 Å². The van der Waals surface area contributed by atoms with Crippen molar-refractivity contribution in [3.05, 3.63) is 34.9 Å². The predicted molar refractivity (Wildman–Crippen MR) is 115 cm³/mol. The number of hydrogen-bond donors (Lipinski definition) is 1. The van der Waals surface area contributed by atoms with E-state index in [4.69, 9.17) is 4.74 Å². The third-order valence-corrected chi connectivity index (χ3v) is 6.62. The molecule has 1 unspecified atom stereocenters. The molecule has 0 aromatic heterocycles. The van der Waals surface area contributed by atoms with Crippen LogP contribution in [0.1, 0.15) is 67.4 Å². The molecule has 1 aromatic carbocycles. The topological polar surface area (TPSA) is 58.6 Å². The Labute approximate surface area is 175 Å². The van der Waals surface area contributed by atoms with Gasteiger partial charge in [-0.3, -0.25) is 14.5 Å². The van der Waals surface area contributed by atoms with E-state index in [1.165, 1.54) is 17.5 Å². The Morgan fingerprint density at radius 2 is 1.79 bits per heavy atom. The Balaban J connectivity index is 1.49. The van der Waals surface area contributed by atoms with Crippen LogP contribution in [0.2, 0.25) is 0 Å². The van der Waals surface area contributed by atoms with Gasteiger partial charge in [0.05, 0.1) is 13.2 Å².